The fraction of sp³-hybridized carbons (Fsp3) is 0.400. The number of ether oxygens (including phenoxy) is 1. The van der Waals surface area contributed by atoms with Crippen LogP contribution in [0.3, 0.4) is 0 Å². The summed E-state index contributed by atoms with van der Waals surface area (Å²) in [6.07, 6.45) is -3.95. The Morgan fingerprint density at radius 2 is 2.06 bits per heavy atom. The number of aromatic nitrogens is 1. The first-order valence-electron chi connectivity index (χ1n) is 9.46. The van der Waals surface area contributed by atoms with Gasteiger partial charge >= 0.3 is 6.36 Å². The van der Waals surface area contributed by atoms with Crippen LogP contribution in [0.5, 0.6) is 5.75 Å². The Kier molecular flexibility index (Phi) is 6.35. The van der Waals surface area contributed by atoms with E-state index in [2.05, 4.69) is 15.0 Å². The number of pyridine rings is 1. The average molecular weight is 444 g/mol. The summed E-state index contributed by atoms with van der Waals surface area (Å²) in [5, 5.41) is 2.79. The number of benzene rings is 1. The smallest absolute Gasteiger partial charge is 0.406 e. The Morgan fingerprint density at radius 1 is 1.32 bits per heavy atom. The molecule has 0 saturated carbocycles. The summed E-state index contributed by atoms with van der Waals surface area (Å²) in [4.78, 5) is 18.1. The first-order valence-corrected chi connectivity index (χ1v) is 9.46. The molecule has 6 nitrogen and oxygen atoms in total. The van der Waals surface area contributed by atoms with Crippen molar-refractivity contribution in [3.63, 3.8) is 0 Å². The summed E-state index contributed by atoms with van der Waals surface area (Å²) in [5.74, 6) is -3.99. The van der Waals surface area contributed by atoms with Gasteiger partial charge in [0.25, 0.3) is 11.8 Å². The molecule has 1 fully saturated rings. The van der Waals surface area contributed by atoms with Crippen LogP contribution in [0.4, 0.5) is 33.5 Å². The lowest BCUT2D eigenvalue weighted by atomic mass is 9.97. The van der Waals surface area contributed by atoms with Crippen LogP contribution in [0.15, 0.2) is 36.5 Å². The topological polar surface area (TPSA) is 80.5 Å². The van der Waals surface area contributed by atoms with Crippen molar-refractivity contribution in [2.45, 2.75) is 38.1 Å². The zero-order valence-electron chi connectivity index (χ0n) is 16.5. The van der Waals surface area contributed by atoms with Gasteiger partial charge < -0.3 is 20.7 Å². The lowest BCUT2D eigenvalue weighted by molar-refractivity contribution is -0.274. The summed E-state index contributed by atoms with van der Waals surface area (Å²) >= 11 is 0. The van der Waals surface area contributed by atoms with Gasteiger partial charge in [0, 0.05) is 42.5 Å². The van der Waals surface area contributed by atoms with Crippen LogP contribution in [0.25, 0.3) is 0 Å². The van der Waals surface area contributed by atoms with E-state index in [1.807, 2.05) is 0 Å². The number of piperidine rings is 1. The second-order valence-electron chi connectivity index (χ2n) is 7.30. The molecule has 1 unspecified atom stereocenters. The van der Waals surface area contributed by atoms with Gasteiger partial charge in [-0.1, -0.05) is 6.07 Å². The molecule has 168 valence electrons. The van der Waals surface area contributed by atoms with Gasteiger partial charge in [-0.05, 0) is 37.1 Å². The molecule has 1 saturated heterocycles. The minimum atomic E-state index is -4.85. The number of alkyl halides is 5. The third-order valence-corrected chi connectivity index (χ3v) is 4.92. The Morgan fingerprint density at radius 3 is 2.74 bits per heavy atom. The lowest BCUT2D eigenvalue weighted by Gasteiger charge is -2.39. The number of nitrogens with zero attached hydrogens (tertiary/aromatic N) is 2. The fourth-order valence-electron chi connectivity index (χ4n) is 3.38. The van der Waals surface area contributed by atoms with E-state index in [1.54, 1.807) is 19.1 Å². The second-order valence-corrected chi connectivity index (χ2v) is 7.30. The van der Waals surface area contributed by atoms with Crippen molar-refractivity contribution in [3.8, 4) is 5.75 Å². The second kappa shape index (κ2) is 8.66. The standard InChI is InChI=1S/C20H21F5N4O2/c1-12-2-3-13(28-17-9-15(5-7-27-17)31-20(23,24)25)8-16(12)18(30)29-11-19(21,22)6-4-14(29)10-26/h2-3,5,7-9,14H,4,6,10-11,26H2,1H3,(H,27,28). The Bertz CT molecular complexity index is 951. The number of halogens is 5. The molecule has 0 aliphatic carbocycles. The number of anilines is 2. The minimum Gasteiger partial charge on any atom is -0.406 e. The largest absolute Gasteiger partial charge is 0.573 e. The van der Waals surface area contributed by atoms with Gasteiger partial charge in [-0.3, -0.25) is 4.79 Å². The van der Waals surface area contributed by atoms with E-state index < -0.39 is 36.5 Å². The molecule has 3 N–H and O–H groups in total. The quantitative estimate of drug-likeness (QED) is 0.675. The van der Waals surface area contributed by atoms with Crippen LogP contribution in [-0.2, 0) is 0 Å². The number of nitrogens with one attached hydrogen (secondary N) is 1. The van der Waals surface area contributed by atoms with E-state index in [0.717, 1.165) is 23.2 Å². The monoisotopic (exact) mass is 444 g/mol. The molecular weight excluding hydrogens is 423 g/mol. The Labute approximate surface area is 175 Å². The van der Waals surface area contributed by atoms with E-state index >= 15 is 0 Å². The predicted molar refractivity (Wildman–Crippen MR) is 103 cm³/mol. The zero-order chi connectivity index (χ0) is 22.8. The van der Waals surface area contributed by atoms with Gasteiger partial charge in [0.1, 0.15) is 11.6 Å². The van der Waals surface area contributed by atoms with Crippen molar-refractivity contribution in [3.05, 3.63) is 47.7 Å². The maximum Gasteiger partial charge on any atom is 0.573 e. The fourth-order valence-corrected chi connectivity index (χ4v) is 3.38. The number of likely N-dealkylation sites (tertiary alicyclic amines) is 1. The number of rotatable bonds is 5. The number of hydrogen-bond acceptors (Lipinski definition) is 5. The molecule has 1 aromatic carbocycles. The predicted octanol–water partition coefficient (Wildman–Crippen LogP) is 4.23. The van der Waals surface area contributed by atoms with Crippen LogP contribution >= 0.6 is 0 Å². The molecule has 11 heteroatoms. The summed E-state index contributed by atoms with van der Waals surface area (Å²) in [6, 6.07) is 6.23. The lowest BCUT2D eigenvalue weighted by Crippen LogP contribution is -2.54. The Hall–Kier alpha value is -2.95. The van der Waals surface area contributed by atoms with Crippen LogP contribution in [-0.4, -0.2) is 47.2 Å². The third kappa shape index (κ3) is 5.81. The summed E-state index contributed by atoms with van der Waals surface area (Å²) in [6.45, 7) is 1.00. The SMILES string of the molecule is Cc1ccc(Nc2cc(OC(F)(F)F)ccn2)cc1C(=O)N1CC(F)(F)CCC1CN. The van der Waals surface area contributed by atoms with Gasteiger partial charge in [-0.2, -0.15) is 0 Å². The average Bonchev–Trinajstić information content (AvgIpc) is 2.67. The van der Waals surface area contributed by atoms with Crippen molar-refractivity contribution >= 4 is 17.4 Å². The van der Waals surface area contributed by atoms with Crippen molar-refractivity contribution in [2.24, 2.45) is 5.73 Å². The number of amides is 1. The molecule has 0 radical (unpaired) electrons. The van der Waals surface area contributed by atoms with E-state index in [-0.39, 0.29) is 30.8 Å². The van der Waals surface area contributed by atoms with Crippen molar-refractivity contribution in [2.75, 3.05) is 18.4 Å². The maximum atomic E-state index is 13.9. The first kappa shape index (κ1) is 22.7. The van der Waals surface area contributed by atoms with E-state index in [1.165, 1.54) is 6.07 Å². The minimum absolute atomic E-state index is 0.0494. The number of nitrogens with two attached hydrogens (primary N) is 1. The third-order valence-electron chi connectivity index (χ3n) is 4.92. The van der Waals surface area contributed by atoms with Crippen molar-refractivity contribution < 1.29 is 31.5 Å². The first-order chi connectivity index (χ1) is 14.5. The summed E-state index contributed by atoms with van der Waals surface area (Å²) < 4.78 is 68.9. The number of carbonyl (C=O) groups excluding carboxylic acids is 1. The molecule has 31 heavy (non-hydrogen) atoms. The van der Waals surface area contributed by atoms with Gasteiger partial charge in [-0.25, -0.2) is 13.8 Å². The molecule has 1 aliphatic rings. The zero-order valence-corrected chi connectivity index (χ0v) is 16.5. The van der Waals surface area contributed by atoms with E-state index in [9.17, 15) is 26.7 Å². The van der Waals surface area contributed by atoms with Crippen LogP contribution in [0.2, 0.25) is 0 Å². The molecule has 3 rings (SSSR count). The normalized spacial score (nSPS) is 18.5. The van der Waals surface area contributed by atoms with Crippen molar-refractivity contribution in [1.29, 1.82) is 0 Å². The van der Waals surface area contributed by atoms with E-state index in [0.29, 0.717) is 11.3 Å². The van der Waals surface area contributed by atoms with E-state index in [4.69, 9.17) is 5.73 Å². The number of carbonyl (C=O) groups is 1. The molecule has 2 aromatic rings. The summed E-state index contributed by atoms with van der Waals surface area (Å²) in [7, 11) is 0. The number of aryl methyl sites for hydroxylation is 1. The molecular formula is C20H21F5N4O2. The molecule has 1 aromatic heterocycles. The van der Waals surface area contributed by atoms with Crippen LogP contribution < -0.4 is 15.8 Å². The summed E-state index contributed by atoms with van der Waals surface area (Å²) in [5.41, 5.74) is 6.76. The maximum absolute atomic E-state index is 13.9. The highest BCUT2D eigenvalue weighted by molar-refractivity contribution is 5.97. The highest BCUT2D eigenvalue weighted by Gasteiger charge is 2.42. The van der Waals surface area contributed by atoms with Gasteiger partial charge in [0.15, 0.2) is 0 Å². The van der Waals surface area contributed by atoms with Gasteiger partial charge in [0.2, 0.25) is 0 Å². The molecule has 1 aliphatic heterocycles. The van der Waals surface area contributed by atoms with Crippen molar-refractivity contribution in [1.82, 2.24) is 9.88 Å². The van der Waals surface area contributed by atoms with Crippen LogP contribution in [0.1, 0.15) is 28.8 Å². The molecule has 1 amide bonds. The highest BCUT2D eigenvalue weighted by Crippen LogP contribution is 2.32. The molecule has 0 bridgehead atoms. The Balaban J connectivity index is 1.83. The molecule has 0 spiro atoms. The highest BCUT2D eigenvalue weighted by atomic mass is 19.4. The van der Waals surface area contributed by atoms with Crippen LogP contribution in [0, 0.1) is 6.92 Å². The van der Waals surface area contributed by atoms with Gasteiger partial charge in [0.05, 0.1) is 6.54 Å². The number of hydrogen-bond donors (Lipinski definition) is 2. The molecule has 2 heterocycles. The molecule has 1 atom stereocenters. The van der Waals surface area contributed by atoms with Gasteiger partial charge in [-0.15, -0.1) is 13.2 Å².